The number of hydrogen-bond acceptors (Lipinski definition) is 7. The van der Waals surface area contributed by atoms with Crippen LogP contribution in [0.2, 0.25) is 0 Å². The van der Waals surface area contributed by atoms with E-state index in [0.717, 1.165) is 55.0 Å². The van der Waals surface area contributed by atoms with Crippen molar-refractivity contribution < 1.29 is 8.42 Å². The molecule has 26 heavy (non-hydrogen) atoms. The standard InChI is InChI=1S/C18H23N5O2S/c24-26(25)10-5-13(12-26)11-21-18-15-3-8-20-9-4-16(15)22-17(23-18)14-1-6-19-7-2-14/h1-2,6-7,13,20H,3-5,8-12H2,(H,21,22,23)/t13-/m1/s1. The van der Waals surface area contributed by atoms with Gasteiger partial charge in [0.25, 0.3) is 0 Å². The Labute approximate surface area is 153 Å². The molecular formula is C18H23N5O2S. The van der Waals surface area contributed by atoms with Gasteiger partial charge < -0.3 is 10.6 Å². The van der Waals surface area contributed by atoms with Crippen LogP contribution in [0, 0.1) is 5.92 Å². The molecule has 2 aromatic heterocycles. The largest absolute Gasteiger partial charge is 0.369 e. The third kappa shape index (κ3) is 3.86. The summed E-state index contributed by atoms with van der Waals surface area (Å²) in [5.74, 6) is 2.25. The quantitative estimate of drug-likeness (QED) is 0.827. The highest BCUT2D eigenvalue weighted by molar-refractivity contribution is 7.91. The lowest BCUT2D eigenvalue weighted by atomic mass is 10.1. The first-order chi connectivity index (χ1) is 12.6. The fraction of sp³-hybridized carbons (Fsp3) is 0.500. The van der Waals surface area contributed by atoms with Gasteiger partial charge in [-0.2, -0.15) is 0 Å². The van der Waals surface area contributed by atoms with E-state index >= 15 is 0 Å². The molecule has 0 spiro atoms. The first-order valence-corrected chi connectivity index (χ1v) is 10.9. The molecule has 0 radical (unpaired) electrons. The van der Waals surface area contributed by atoms with Gasteiger partial charge in [0.1, 0.15) is 5.82 Å². The minimum atomic E-state index is -2.86. The summed E-state index contributed by atoms with van der Waals surface area (Å²) in [5, 5.41) is 6.84. The van der Waals surface area contributed by atoms with Crippen molar-refractivity contribution in [3.05, 3.63) is 35.8 Å². The van der Waals surface area contributed by atoms with Crippen LogP contribution in [0.5, 0.6) is 0 Å². The predicted octanol–water partition coefficient (Wildman–Crippen LogP) is 1.07. The van der Waals surface area contributed by atoms with Crippen LogP contribution in [0.4, 0.5) is 5.82 Å². The molecule has 1 saturated heterocycles. The van der Waals surface area contributed by atoms with Crippen molar-refractivity contribution in [1.29, 1.82) is 0 Å². The van der Waals surface area contributed by atoms with Crippen LogP contribution in [0.25, 0.3) is 11.4 Å². The lowest BCUT2D eigenvalue weighted by Crippen LogP contribution is -2.19. The molecule has 0 aromatic carbocycles. The molecule has 2 aromatic rings. The van der Waals surface area contributed by atoms with Crippen molar-refractivity contribution in [3.63, 3.8) is 0 Å². The van der Waals surface area contributed by atoms with Crippen LogP contribution in [0.15, 0.2) is 24.5 Å². The third-order valence-electron chi connectivity index (χ3n) is 5.01. The van der Waals surface area contributed by atoms with Crippen molar-refractivity contribution in [2.75, 3.05) is 36.5 Å². The third-order valence-corrected chi connectivity index (χ3v) is 6.84. The van der Waals surface area contributed by atoms with Gasteiger partial charge in [-0.15, -0.1) is 0 Å². The van der Waals surface area contributed by atoms with Crippen LogP contribution in [-0.2, 0) is 22.7 Å². The average Bonchev–Trinajstić information content (AvgIpc) is 2.84. The van der Waals surface area contributed by atoms with E-state index in [2.05, 4.69) is 15.6 Å². The second-order valence-electron chi connectivity index (χ2n) is 6.96. The summed E-state index contributed by atoms with van der Waals surface area (Å²) in [4.78, 5) is 13.6. The summed E-state index contributed by atoms with van der Waals surface area (Å²) in [6, 6.07) is 3.81. The van der Waals surface area contributed by atoms with Crippen LogP contribution in [0.3, 0.4) is 0 Å². The van der Waals surface area contributed by atoms with Gasteiger partial charge in [-0.1, -0.05) is 0 Å². The maximum absolute atomic E-state index is 11.7. The first-order valence-electron chi connectivity index (χ1n) is 9.06. The van der Waals surface area contributed by atoms with Crippen molar-refractivity contribution in [2.45, 2.75) is 19.3 Å². The number of fused-ring (bicyclic) bond motifs is 1. The number of pyridine rings is 1. The van der Waals surface area contributed by atoms with E-state index in [1.165, 1.54) is 0 Å². The van der Waals surface area contributed by atoms with E-state index in [1.54, 1.807) is 12.4 Å². The van der Waals surface area contributed by atoms with E-state index in [0.29, 0.717) is 18.1 Å². The Balaban J connectivity index is 1.63. The second kappa shape index (κ2) is 7.28. The Bertz CT molecular complexity index is 886. The molecule has 4 rings (SSSR count). The summed E-state index contributed by atoms with van der Waals surface area (Å²) >= 11 is 0. The maximum atomic E-state index is 11.7. The van der Waals surface area contributed by atoms with Gasteiger partial charge in [0.15, 0.2) is 15.7 Å². The van der Waals surface area contributed by atoms with E-state index in [9.17, 15) is 8.42 Å². The summed E-state index contributed by atoms with van der Waals surface area (Å²) in [6.07, 6.45) is 5.94. The Morgan fingerprint density at radius 3 is 2.73 bits per heavy atom. The minimum absolute atomic E-state index is 0.152. The monoisotopic (exact) mass is 373 g/mol. The summed E-state index contributed by atoms with van der Waals surface area (Å²) in [7, 11) is -2.86. The van der Waals surface area contributed by atoms with Gasteiger partial charge in [0.2, 0.25) is 0 Å². The molecule has 0 unspecified atom stereocenters. The highest BCUT2D eigenvalue weighted by Gasteiger charge is 2.28. The molecular weight excluding hydrogens is 350 g/mol. The van der Waals surface area contributed by atoms with Crippen LogP contribution < -0.4 is 10.6 Å². The van der Waals surface area contributed by atoms with E-state index in [-0.39, 0.29) is 11.7 Å². The Kier molecular flexibility index (Phi) is 4.86. The topological polar surface area (TPSA) is 96.9 Å². The highest BCUT2D eigenvalue weighted by atomic mass is 32.2. The normalized spacial score (nSPS) is 21.8. The molecule has 2 aliphatic rings. The second-order valence-corrected chi connectivity index (χ2v) is 9.19. The van der Waals surface area contributed by atoms with Gasteiger partial charge in [-0.05, 0) is 37.4 Å². The number of rotatable bonds is 4. The fourth-order valence-electron chi connectivity index (χ4n) is 3.60. The first kappa shape index (κ1) is 17.4. The van der Waals surface area contributed by atoms with Crippen molar-refractivity contribution in [2.24, 2.45) is 5.92 Å². The molecule has 0 saturated carbocycles. The smallest absolute Gasteiger partial charge is 0.161 e. The Hall–Kier alpha value is -2.06. The van der Waals surface area contributed by atoms with Crippen LogP contribution in [0.1, 0.15) is 17.7 Å². The summed E-state index contributed by atoms with van der Waals surface area (Å²) in [5.41, 5.74) is 3.15. The lowest BCUT2D eigenvalue weighted by molar-refractivity contribution is 0.595. The molecule has 0 aliphatic carbocycles. The zero-order valence-corrected chi connectivity index (χ0v) is 15.4. The molecule has 1 atom stereocenters. The number of nitrogens with one attached hydrogen (secondary N) is 2. The van der Waals surface area contributed by atoms with E-state index in [4.69, 9.17) is 9.97 Å². The average molecular weight is 373 g/mol. The van der Waals surface area contributed by atoms with Gasteiger partial charge in [-0.3, -0.25) is 4.98 Å². The molecule has 138 valence electrons. The molecule has 2 aliphatic heterocycles. The van der Waals surface area contributed by atoms with Gasteiger partial charge in [0.05, 0.1) is 17.2 Å². The Morgan fingerprint density at radius 1 is 1.15 bits per heavy atom. The highest BCUT2D eigenvalue weighted by Crippen LogP contribution is 2.25. The molecule has 1 fully saturated rings. The minimum Gasteiger partial charge on any atom is -0.369 e. The molecule has 8 heteroatoms. The van der Waals surface area contributed by atoms with Crippen molar-refractivity contribution in [1.82, 2.24) is 20.3 Å². The Morgan fingerprint density at radius 2 is 1.96 bits per heavy atom. The summed E-state index contributed by atoms with van der Waals surface area (Å²) < 4.78 is 23.4. The number of hydrogen-bond donors (Lipinski definition) is 2. The molecule has 0 amide bonds. The zero-order chi connectivity index (χ0) is 18.0. The predicted molar refractivity (Wildman–Crippen MR) is 101 cm³/mol. The van der Waals surface area contributed by atoms with E-state index < -0.39 is 9.84 Å². The van der Waals surface area contributed by atoms with Crippen LogP contribution >= 0.6 is 0 Å². The SMILES string of the molecule is O=S1(=O)CC[C@H](CNc2nc(-c3ccncc3)nc3c2CCNCC3)C1. The summed E-state index contributed by atoms with van der Waals surface area (Å²) in [6.45, 7) is 2.43. The van der Waals surface area contributed by atoms with Gasteiger partial charge in [0, 0.05) is 43.0 Å². The molecule has 7 nitrogen and oxygen atoms in total. The van der Waals surface area contributed by atoms with Crippen molar-refractivity contribution >= 4 is 15.7 Å². The van der Waals surface area contributed by atoms with Crippen molar-refractivity contribution in [3.8, 4) is 11.4 Å². The number of anilines is 1. The number of sulfone groups is 1. The molecule has 0 bridgehead atoms. The van der Waals surface area contributed by atoms with Gasteiger partial charge >= 0.3 is 0 Å². The molecule has 4 heterocycles. The maximum Gasteiger partial charge on any atom is 0.161 e. The van der Waals surface area contributed by atoms with Gasteiger partial charge in [-0.25, -0.2) is 18.4 Å². The zero-order valence-electron chi connectivity index (χ0n) is 14.6. The van der Waals surface area contributed by atoms with E-state index in [1.807, 2.05) is 12.1 Å². The fourth-order valence-corrected chi connectivity index (χ4v) is 5.46. The number of aromatic nitrogens is 3. The number of nitrogens with zero attached hydrogens (tertiary/aromatic N) is 3. The van der Waals surface area contributed by atoms with Crippen LogP contribution in [-0.4, -0.2) is 54.5 Å². The lowest BCUT2D eigenvalue weighted by Gasteiger charge is -2.16. The molecule has 2 N–H and O–H groups in total.